The second-order valence-electron chi connectivity index (χ2n) is 7.11. The van der Waals surface area contributed by atoms with Gasteiger partial charge in [-0.25, -0.2) is 4.98 Å². The summed E-state index contributed by atoms with van der Waals surface area (Å²) in [5.41, 5.74) is 0.921. The van der Waals surface area contributed by atoms with Gasteiger partial charge in [-0.05, 0) is 46.7 Å². The third-order valence-electron chi connectivity index (χ3n) is 4.81. The van der Waals surface area contributed by atoms with Crippen LogP contribution in [0.25, 0.3) is 16.5 Å². The lowest BCUT2D eigenvalue weighted by Crippen LogP contribution is -2.32. The van der Waals surface area contributed by atoms with Gasteiger partial charge in [0.05, 0.1) is 30.1 Å². The smallest absolute Gasteiger partial charge is 0.358 e. The van der Waals surface area contributed by atoms with Crippen LogP contribution in [0.5, 0.6) is 0 Å². The molecule has 0 spiro atoms. The number of hydrogen-bond acceptors (Lipinski definition) is 7. The zero-order valence-corrected chi connectivity index (χ0v) is 20.8. The van der Waals surface area contributed by atoms with Crippen LogP contribution in [0, 0.1) is 11.3 Å². The van der Waals surface area contributed by atoms with Gasteiger partial charge in [-0.3, -0.25) is 19.0 Å². The topological polar surface area (TPSA) is 114 Å². The number of imidazole rings is 1. The molecule has 0 saturated heterocycles. The molecule has 12 heteroatoms. The first-order chi connectivity index (χ1) is 16.7. The minimum absolute atomic E-state index is 0.0405. The highest BCUT2D eigenvalue weighted by molar-refractivity contribution is 9.10. The number of Topliss-reactive ketones (excluding diaryl/α,β-unsaturated/α-hetero) is 1. The summed E-state index contributed by atoms with van der Waals surface area (Å²) in [4.78, 5) is 39.3. The highest BCUT2D eigenvalue weighted by Crippen LogP contribution is 2.40. The summed E-state index contributed by atoms with van der Waals surface area (Å²) in [6, 6.07) is 12.3. The summed E-state index contributed by atoms with van der Waals surface area (Å²) in [5, 5.41) is 8.86. The number of esters is 1. The third-order valence-corrected chi connectivity index (χ3v) is 6.32. The van der Waals surface area contributed by atoms with Crippen LogP contribution in [-0.2, 0) is 19.1 Å². The molecule has 0 radical (unpaired) electrons. The van der Waals surface area contributed by atoms with Crippen LogP contribution >= 0.6 is 27.7 Å². The lowest BCUT2D eigenvalue weighted by atomic mass is 10.0. The number of halogens is 3. The largest absolute Gasteiger partial charge is 0.465 e. The second kappa shape index (κ2) is 11.4. The van der Waals surface area contributed by atoms with Crippen LogP contribution in [0.1, 0.15) is 25.3 Å². The molecule has 0 aliphatic carbocycles. The Balaban J connectivity index is 1.77. The number of thioether (sulfide) groups is 1. The first kappa shape index (κ1) is 26.3. The van der Waals surface area contributed by atoms with Crippen molar-refractivity contribution in [1.82, 2.24) is 14.9 Å². The summed E-state index contributed by atoms with van der Waals surface area (Å²) in [7, 11) is 0. The Morgan fingerprint density at radius 3 is 2.60 bits per heavy atom. The molecule has 8 nitrogen and oxygen atoms in total. The number of carbonyl (C=O) groups excluding carboxylic acids is 3. The van der Waals surface area contributed by atoms with Crippen molar-refractivity contribution in [3.05, 3.63) is 52.8 Å². The Hall–Kier alpha value is -3.30. The van der Waals surface area contributed by atoms with Gasteiger partial charge in [-0.1, -0.05) is 24.3 Å². The molecule has 1 amide bonds. The summed E-state index contributed by atoms with van der Waals surface area (Å²) in [6.45, 7) is 1.34. The number of nitrogens with zero attached hydrogens (tertiary/aromatic N) is 3. The van der Waals surface area contributed by atoms with Crippen molar-refractivity contribution >= 4 is 56.1 Å². The molecule has 0 atom stereocenters. The van der Waals surface area contributed by atoms with Gasteiger partial charge in [0.15, 0.2) is 5.16 Å². The minimum atomic E-state index is -3.87. The summed E-state index contributed by atoms with van der Waals surface area (Å²) in [6.07, 6.45) is 0.0990. The quantitative estimate of drug-likeness (QED) is 0.287. The lowest BCUT2D eigenvalue weighted by molar-refractivity contribution is -0.143. The molecular formula is C23H19BrF2N4O4S. The Morgan fingerprint density at radius 2 is 1.91 bits per heavy atom. The fourth-order valence-electron chi connectivity index (χ4n) is 3.20. The van der Waals surface area contributed by atoms with E-state index in [0.717, 1.165) is 0 Å². The Kier molecular flexibility index (Phi) is 8.58. The molecule has 35 heavy (non-hydrogen) atoms. The number of ether oxygens (including phenoxy) is 1. The maximum absolute atomic E-state index is 14.8. The fraction of sp³-hybridized carbons (Fsp3) is 0.261. The highest BCUT2D eigenvalue weighted by atomic mass is 79.9. The first-order valence-electron chi connectivity index (χ1n) is 10.4. The van der Waals surface area contributed by atoms with E-state index in [1.165, 1.54) is 10.8 Å². The third kappa shape index (κ3) is 6.23. The average molecular weight is 565 g/mol. The standard InChI is InChI=1S/C23H19BrF2N4O4S/c1-2-34-21(33)13-28-20(32)10-9-18(31)23(25,26)35-22-29-12-19(24)30(22)17-8-7-14(11-27)15-5-3-4-6-16(15)17/h3-8,12H,2,9-10,13H2,1H3,(H,28,32). The van der Waals surface area contributed by atoms with E-state index < -0.39 is 42.3 Å². The molecule has 0 aliphatic rings. The van der Waals surface area contributed by atoms with Gasteiger partial charge in [0.1, 0.15) is 11.1 Å². The number of alkyl halides is 2. The number of fused-ring (bicyclic) bond motifs is 1. The van der Waals surface area contributed by atoms with Crippen molar-refractivity contribution < 1.29 is 27.9 Å². The molecule has 3 aromatic rings. The van der Waals surface area contributed by atoms with Gasteiger partial charge in [0.2, 0.25) is 11.7 Å². The lowest BCUT2D eigenvalue weighted by Gasteiger charge is -2.17. The van der Waals surface area contributed by atoms with Gasteiger partial charge in [-0.2, -0.15) is 14.0 Å². The molecule has 2 aromatic carbocycles. The van der Waals surface area contributed by atoms with Crippen LogP contribution in [0.4, 0.5) is 8.78 Å². The minimum Gasteiger partial charge on any atom is -0.465 e. The molecule has 0 aliphatic heterocycles. The number of nitrogens with one attached hydrogen (secondary N) is 1. The van der Waals surface area contributed by atoms with Crippen molar-refractivity contribution in [3.8, 4) is 11.8 Å². The van der Waals surface area contributed by atoms with Crippen LogP contribution in [0.15, 0.2) is 52.4 Å². The zero-order valence-electron chi connectivity index (χ0n) is 18.4. The molecular weight excluding hydrogens is 546 g/mol. The van der Waals surface area contributed by atoms with Crippen LogP contribution < -0.4 is 5.32 Å². The number of hydrogen-bond donors (Lipinski definition) is 1. The molecule has 1 heterocycles. The first-order valence-corrected chi connectivity index (χ1v) is 12.0. The van der Waals surface area contributed by atoms with Crippen LogP contribution in [-0.4, -0.2) is 45.6 Å². The van der Waals surface area contributed by atoms with E-state index in [1.807, 2.05) is 0 Å². The highest BCUT2D eigenvalue weighted by Gasteiger charge is 2.41. The van der Waals surface area contributed by atoms with E-state index in [4.69, 9.17) is 0 Å². The van der Waals surface area contributed by atoms with Crippen LogP contribution in [0.3, 0.4) is 0 Å². The number of nitriles is 1. The van der Waals surface area contributed by atoms with Gasteiger partial charge in [0.25, 0.3) is 0 Å². The van der Waals surface area contributed by atoms with Crippen molar-refractivity contribution in [2.45, 2.75) is 30.2 Å². The number of carbonyl (C=O) groups is 3. The summed E-state index contributed by atoms with van der Waals surface area (Å²) < 4.78 is 36.0. The Labute approximate surface area is 211 Å². The molecule has 182 valence electrons. The Bertz CT molecular complexity index is 1320. The van der Waals surface area contributed by atoms with E-state index in [2.05, 4.69) is 37.0 Å². The average Bonchev–Trinajstić information content (AvgIpc) is 3.19. The number of ketones is 1. The molecule has 0 fully saturated rings. The van der Waals surface area contributed by atoms with Crippen molar-refractivity contribution in [2.75, 3.05) is 13.2 Å². The van der Waals surface area contributed by atoms with Gasteiger partial charge in [-0.15, -0.1) is 0 Å². The maximum Gasteiger partial charge on any atom is 0.358 e. The fourth-order valence-corrected chi connectivity index (χ4v) is 4.61. The molecule has 0 unspecified atom stereocenters. The monoisotopic (exact) mass is 564 g/mol. The maximum atomic E-state index is 14.8. The number of aromatic nitrogens is 2. The number of rotatable bonds is 10. The zero-order chi connectivity index (χ0) is 25.6. The van der Waals surface area contributed by atoms with Gasteiger partial charge in [0, 0.05) is 23.6 Å². The van der Waals surface area contributed by atoms with E-state index in [-0.39, 0.29) is 23.5 Å². The molecule has 3 rings (SSSR count). The Morgan fingerprint density at radius 1 is 1.20 bits per heavy atom. The SMILES string of the molecule is CCOC(=O)CNC(=O)CCC(=O)C(F)(F)Sc1ncc(Br)n1-c1ccc(C#N)c2ccccc12. The van der Waals surface area contributed by atoms with E-state index in [9.17, 15) is 28.4 Å². The van der Waals surface area contributed by atoms with Gasteiger partial charge < -0.3 is 10.1 Å². The predicted octanol–water partition coefficient (Wildman–Crippen LogP) is 4.37. The number of benzene rings is 2. The normalized spacial score (nSPS) is 11.2. The van der Waals surface area contributed by atoms with E-state index in [0.29, 0.717) is 26.6 Å². The molecule has 0 bridgehead atoms. The molecule has 1 aromatic heterocycles. The number of amides is 1. The van der Waals surface area contributed by atoms with Crippen molar-refractivity contribution in [2.24, 2.45) is 0 Å². The van der Waals surface area contributed by atoms with Crippen molar-refractivity contribution in [3.63, 3.8) is 0 Å². The predicted molar refractivity (Wildman–Crippen MR) is 128 cm³/mol. The van der Waals surface area contributed by atoms with Crippen LogP contribution in [0.2, 0.25) is 0 Å². The molecule has 1 N–H and O–H groups in total. The summed E-state index contributed by atoms with van der Waals surface area (Å²) in [5.74, 6) is -2.84. The van der Waals surface area contributed by atoms with E-state index >= 15 is 0 Å². The summed E-state index contributed by atoms with van der Waals surface area (Å²) >= 11 is 3.27. The second-order valence-corrected chi connectivity index (χ2v) is 9.01. The van der Waals surface area contributed by atoms with Gasteiger partial charge >= 0.3 is 11.2 Å². The molecule has 0 saturated carbocycles. The van der Waals surface area contributed by atoms with Crippen molar-refractivity contribution in [1.29, 1.82) is 5.26 Å². The van der Waals surface area contributed by atoms with E-state index in [1.54, 1.807) is 43.3 Å².